The summed E-state index contributed by atoms with van der Waals surface area (Å²) in [5, 5.41) is 14.2. The van der Waals surface area contributed by atoms with E-state index in [9.17, 15) is 13.5 Å². The van der Waals surface area contributed by atoms with Crippen LogP contribution in [0.15, 0.2) is 4.90 Å². The lowest BCUT2D eigenvalue weighted by molar-refractivity contribution is 0.0292. The fourth-order valence-electron chi connectivity index (χ4n) is 1.88. The molecule has 1 aromatic rings. The lowest BCUT2D eigenvalue weighted by atomic mass is 10.0. The number of nitrogens with zero attached hydrogens (tertiary/aromatic N) is 2. The van der Waals surface area contributed by atoms with Crippen molar-refractivity contribution < 1.29 is 18.3 Å². The van der Waals surface area contributed by atoms with Crippen LogP contribution >= 0.6 is 0 Å². The molecule has 8 heteroatoms. The van der Waals surface area contributed by atoms with Crippen LogP contribution < -0.4 is 4.72 Å². The van der Waals surface area contributed by atoms with E-state index >= 15 is 0 Å². The standard InChI is InChI=1S/C12H23N3O4S/c1-9-11(10(2)15(4)14-9)20(17,18)13-8-12(3,16)6-7-19-5/h13,16H,6-8H2,1-5H3. The van der Waals surface area contributed by atoms with Gasteiger partial charge in [0.1, 0.15) is 4.90 Å². The summed E-state index contributed by atoms with van der Waals surface area (Å²) in [4.78, 5) is 0.169. The van der Waals surface area contributed by atoms with E-state index in [1.165, 1.54) is 11.8 Å². The highest BCUT2D eigenvalue weighted by atomic mass is 32.2. The number of hydrogen-bond acceptors (Lipinski definition) is 5. The molecule has 0 spiro atoms. The first-order valence-electron chi connectivity index (χ1n) is 6.32. The number of aromatic nitrogens is 2. The molecule has 1 heterocycles. The average Bonchev–Trinajstić information content (AvgIpc) is 2.59. The van der Waals surface area contributed by atoms with Gasteiger partial charge in [-0.05, 0) is 20.8 Å². The van der Waals surface area contributed by atoms with Gasteiger partial charge in [0, 0.05) is 33.7 Å². The summed E-state index contributed by atoms with van der Waals surface area (Å²) in [6.07, 6.45) is 0.344. The summed E-state index contributed by atoms with van der Waals surface area (Å²) < 4.78 is 33.4. The zero-order chi connectivity index (χ0) is 15.6. The quantitative estimate of drug-likeness (QED) is 0.745. The highest BCUT2D eigenvalue weighted by molar-refractivity contribution is 7.89. The molecule has 0 aliphatic heterocycles. The second kappa shape index (κ2) is 6.21. The predicted molar refractivity (Wildman–Crippen MR) is 75.0 cm³/mol. The summed E-state index contributed by atoms with van der Waals surface area (Å²) in [5.74, 6) is 0. The Morgan fingerprint density at radius 3 is 2.50 bits per heavy atom. The Morgan fingerprint density at radius 2 is 2.05 bits per heavy atom. The van der Waals surface area contributed by atoms with Gasteiger partial charge in [0.2, 0.25) is 10.0 Å². The third kappa shape index (κ3) is 4.02. The second-order valence-corrected chi connectivity index (χ2v) is 6.89. The summed E-state index contributed by atoms with van der Waals surface area (Å²) in [7, 11) is -0.472. The van der Waals surface area contributed by atoms with Gasteiger partial charge in [0.15, 0.2) is 0 Å². The number of methoxy groups -OCH3 is 1. The largest absolute Gasteiger partial charge is 0.389 e. The maximum absolute atomic E-state index is 12.3. The van der Waals surface area contributed by atoms with Crippen LogP contribution in [0.2, 0.25) is 0 Å². The molecular weight excluding hydrogens is 282 g/mol. The van der Waals surface area contributed by atoms with Crippen molar-refractivity contribution in [2.45, 2.75) is 37.7 Å². The van der Waals surface area contributed by atoms with Gasteiger partial charge in [-0.25, -0.2) is 13.1 Å². The molecule has 1 unspecified atom stereocenters. The summed E-state index contributed by atoms with van der Waals surface area (Å²) in [5.41, 5.74) is -0.159. The van der Waals surface area contributed by atoms with E-state index in [1.54, 1.807) is 27.8 Å². The molecule has 0 saturated heterocycles. The van der Waals surface area contributed by atoms with Crippen LogP contribution in [0.4, 0.5) is 0 Å². The maximum Gasteiger partial charge on any atom is 0.244 e. The van der Waals surface area contributed by atoms with Crippen LogP contribution in [0.3, 0.4) is 0 Å². The number of nitrogens with one attached hydrogen (secondary N) is 1. The van der Waals surface area contributed by atoms with Crippen molar-refractivity contribution >= 4 is 10.0 Å². The molecule has 0 aliphatic rings. The van der Waals surface area contributed by atoms with Crippen LogP contribution in [-0.2, 0) is 21.8 Å². The topological polar surface area (TPSA) is 93.4 Å². The average molecular weight is 305 g/mol. The van der Waals surface area contributed by atoms with Gasteiger partial charge >= 0.3 is 0 Å². The molecule has 20 heavy (non-hydrogen) atoms. The molecule has 0 radical (unpaired) electrons. The Hall–Kier alpha value is -0.960. The molecule has 2 N–H and O–H groups in total. The number of aryl methyl sites for hydroxylation is 2. The van der Waals surface area contributed by atoms with E-state index in [1.807, 2.05) is 0 Å². The third-order valence-electron chi connectivity index (χ3n) is 3.20. The second-order valence-electron chi connectivity index (χ2n) is 5.19. The minimum absolute atomic E-state index is 0.0769. The number of rotatable bonds is 7. The summed E-state index contributed by atoms with van der Waals surface area (Å²) in [6, 6.07) is 0. The van der Waals surface area contributed by atoms with Gasteiger partial charge in [0.05, 0.1) is 17.0 Å². The first-order valence-corrected chi connectivity index (χ1v) is 7.80. The van der Waals surface area contributed by atoms with Crippen molar-refractivity contribution in [2.24, 2.45) is 7.05 Å². The van der Waals surface area contributed by atoms with E-state index in [-0.39, 0.29) is 11.4 Å². The van der Waals surface area contributed by atoms with Crippen LogP contribution in [0.5, 0.6) is 0 Å². The lowest BCUT2D eigenvalue weighted by Gasteiger charge is -2.23. The van der Waals surface area contributed by atoms with E-state index < -0.39 is 15.6 Å². The third-order valence-corrected chi connectivity index (χ3v) is 4.85. The van der Waals surface area contributed by atoms with Crippen LogP contribution in [0.1, 0.15) is 24.7 Å². The minimum atomic E-state index is -3.69. The fraction of sp³-hybridized carbons (Fsp3) is 0.750. The van der Waals surface area contributed by atoms with Gasteiger partial charge in [-0.15, -0.1) is 0 Å². The Labute approximate surface area is 120 Å². The molecule has 0 fully saturated rings. The van der Waals surface area contributed by atoms with E-state index in [0.717, 1.165) is 0 Å². The Balaban J connectivity index is 2.86. The van der Waals surface area contributed by atoms with E-state index in [2.05, 4.69) is 9.82 Å². The van der Waals surface area contributed by atoms with E-state index in [4.69, 9.17) is 4.74 Å². The Kier molecular flexibility index (Phi) is 5.31. The molecule has 0 amide bonds. The molecule has 1 rings (SSSR count). The smallest absolute Gasteiger partial charge is 0.244 e. The Bertz CT molecular complexity index is 564. The molecular formula is C12H23N3O4S. The molecule has 0 bridgehead atoms. The molecule has 0 aliphatic carbocycles. The molecule has 116 valence electrons. The highest BCUT2D eigenvalue weighted by Crippen LogP contribution is 2.19. The van der Waals surface area contributed by atoms with Crippen molar-refractivity contribution in [3.63, 3.8) is 0 Å². The predicted octanol–water partition coefficient (Wildman–Crippen LogP) is 0.103. The van der Waals surface area contributed by atoms with E-state index in [0.29, 0.717) is 24.4 Å². The van der Waals surface area contributed by atoms with Crippen LogP contribution in [0, 0.1) is 13.8 Å². The monoisotopic (exact) mass is 305 g/mol. The van der Waals surface area contributed by atoms with Crippen molar-refractivity contribution in [1.29, 1.82) is 0 Å². The SMILES string of the molecule is COCCC(C)(O)CNS(=O)(=O)c1c(C)nn(C)c1C. The minimum Gasteiger partial charge on any atom is -0.389 e. The van der Waals surface area contributed by atoms with Gasteiger partial charge in [-0.2, -0.15) is 5.10 Å². The number of ether oxygens (including phenoxy) is 1. The zero-order valence-electron chi connectivity index (χ0n) is 12.6. The Morgan fingerprint density at radius 1 is 1.45 bits per heavy atom. The zero-order valence-corrected chi connectivity index (χ0v) is 13.4. The number of aliphatic hydroxyl groups is 1. The first-order chi connectivity index (χ1) is 9.10. The van der Waals surface area contributed by atoms with Crippen LogP contribution in [-0.4, -0.2) is 49.2 Å². The lowest BCUT2D eigenvalue weighted by Crippen LogP contribution is -2.41. The summed E-state index contributed by atoms with van der Waals surface area (Å²) >= 11 is 0. The molecule has 1 atom stereocenters. The number of sulfonamides is 1. The summed E-state index contributed by atoms with van der Waals surface area (Å²) in [6.45, 7) is 5.19. The van der Waals surface area contributed by atoms with Gasteiger partial charge < -0.3 is 9.84 Å². The van der Waals surface area contributed by atoms with Crippen molar-refractivity contribution in [3.05, 3.63) is 11.4 Å². The maximum atomic E-state index is 12.3. The molecule has 1 aromatic heterocycles. The molecule has 0 aromatic carbocycles. The van der Waals surface area contributed by atoms with Crippen LogP contribution in [0.25, 0.3) is 0 Å². The molecule has 7 nitrogen and oxygen atoms in total. The highest BCUT2D eigenvalue weighted by Gasteiger charge is 2.27. The fourth-order valence-corrected chi connectivity index (χ4v) is 3.47. The normalized spacial score (nSPS) is 15.3. The van der Waals surface area contributed by atoms with Crippen molar-refractivity contribution in [2.75, 3.05) is 20.3 Å². The van der Waals surface area contributed by atoms with Gasteiger partial charge in [-0.1, -0.05) is 0 Å². The van der Waals surface area contributed by atoms with Crippen molar-refractivity contribution in [3.8, 4) is 0 Å². The van der Waals surface area contributed by atoms with Gasteiger partial charge in [0.25, 0.3) is 0 Å². The van der Waals surface area contributed by atoms with Crippen molar-refractivity contribution in [1.82, 2.24) is 14.5 Å². The number of hydrogen-bond donors (Lipinski definition) is 2. The van der Waals surface area contributed by atoms with Gasteiger partial charge in [-0.3, -0.25) is 4.68 Å². The molecule has 0 saturated carbocycles. The first kappa shape index (κ1) is 17.1.